The first-order valence-electron chi connectivity index (χ1n) is 6.37. The van der Waals surface area contributed by atoms with Crippen LogP contribution >= 0.6 is 0 Å². The summed E-state index contributed by atoms with van der Waals surface area (Å²) in [7, 11) is 0. The summed E-state index contributed by atoms with van der Waals surface area (Å²) in [6.07, 6.45) is 0. The van der Waals surface area contributed by atoms with Crippen molar-refractivity contribution in [1.82, 2.24) is 5.32 Å². The lowest BCUT2D eigenvalue weighted by atomic mass is 10.1. The standard InChI is InChI=1S/C14H20N2O4/c1-9(2)11(7-17)16-13(18)8-20-12-6-4-3-5-10(12)14(15)19/h3-6,9,11,17H,7-8H2,1-2H3,(H2,15,19)(H,16,18). The van der Waals surface area contributed by atoms with Gasteiger partial charge in [-0.2, -0.15) is 0 Å². The molecule has 0 spiro atoms. The lowest BCUT2D eigenvalue weighted by Gasteiger charge is -2.20. The second-order valence-electron chi connectivity index (χ2n) is 4.75. The number of hydrogen-bond donors (Lipinski definition) is 3. The zero-order chi connectivity index (χ0) is 15.1. The highest BCUT2D eigenvalue weighted by molar-refractivity contribution is 5.95. The molecule has 1 aromatic carbocycles. The van der Waals surface area contributed by atoms with Crippen LogP contribution in [0.3, 0.4) is 0 Å². The Kier molecular flexibility index (Phi) is 5.99. The molecule has 0 aromatic heterocycles. The average molecular weight is 280 g/mol. The van der Waals surface area contributed by atoms with Crippen LogP contribution in [0.5, 0.6) is 5.75 Å². The predicted molar refractivity (Wildman–Crippen MR) is 74.3 cm³/mol. The van der Waals surface area contributed by atoms with Gasteiger partial charge in [0.2, 0.25) is 0 Å². The maximum atomic E-state index is 11.7. The van der Waals surface area contributed by atoms with Crippen LogP contribution in [0.25, 0.3) is 0 Å². The molecule has 0 bridgehead atoms. The Labute approximate surface area is 117 Å². The van der Waals surface area contributed by atoms with Gasteiger partial charge < -0.3 is 20.9 Å². The molecule has 1 unspecified atom stereocenters. The van der Waals surface area contributed by atoms with E-state index < -0.39 is 5.91 Å². The van der Waals surface area contributed by atoms with Crippen molar-refractivity contribution in [2.75, 3.05) is 13.2 Å². The molecular weight excluding hydrogens is 260 g/mol. The summed E-state index contributed by atoms with van der Waals surface area (Å²) in [5.74, 6) is -0.601. The molecule has 0 aliphatic rings. The van der Waals surface area contributed by atoms with E-state index in [0.29, 0.717) is 0 Å². The van der Waals surface area contributed by atoms with Crippen molar-refractivity contribution in [3.8, 4) is 5.75 Å². The van der Waals surface area contributed by atoms with Gasteiger partial charge in [0.15, 0.2) is 6.61 Å². The molecule has 20 heavy (non-hydrogen) atoms. The molecule has 0 saturated carbocycles. The molecule has 4 N–H and O–H groups in total. The lowest BCUT2D eigenvalue weighted by molar-refractivity contribution is -0.124. The van der Waals surface area contributed by atoms with Crippen molar-refractivity contribution in [2.24, 2.45) is 11.7 Å². The van der Waals surface area contributed by atoms with Crippen LogP contribution in [0, 0.1) is 5.92 Å². The Morgan fingerprint density at radius 1 is 1.35 bits per heavy atom. The Balaban J connectivity index is 2.59. The summed E-state index contributed by atoms with van der Waals surface area (Å²) in [5.41, 5.74) is 5.44. The molecule has 2 amide bonds. The number of rotatable bonds is 7. The minimum absolute atomic E-state index is 0.113. The van der Waals surface area contributed by atoms with Gasteiger partial charge in [-0.05, 0) is 18.1 Å². The third kappa shape index (κ3) is 4.55. The van der Waals surface area contributed by atoms with Crippen LogP contribution in [0.4, 0.5) is 0 Å². The highest BCUT2D eigenvalue weighted by atomic mass is 16.5. The van der Waals surface area contributed by atoms with E-state index in [1.54, 1.807) is 18.2 Å². The van der Waals surface area contributed by atoms with Crippen LogP contribution in [0.1, 0.15) is 24.2 Å². The molecule has 6 heteroatoms. The Bertz CT molecular complexity index is 474. The number of hydrogen-bond acceptors (Lipinski definition) is 4. The zero-order valence-corrected chi connectivity index (χ0v) is 11.6. The van der Waals surface area contributed by atoms with Gasteiger partial charge >= 0.3 is 0 Å². The Morgan fingerprint density at radius 3 is 2.55 bits per heavy atom. The van der Waals surface area contributed by atoms with Crippen LogP contribution in [-0.2, 0) is 4.79 Å². The largest absolute Gasteiger partial charge is 0.483 e. The maximum absolute atomic E-state index is 11.7. The SMILES string of the molecule is CC(C)C(CO)NC(=O)COc1ccccc1C(N)=O. The monoisotopic (exact) mass is 280 g/mol. The van der Waals surface area contributed by atoms with Crippen molar-refractivity contribution in [3.63, 3.8) is 0 Å². The first kappa shape index (κ1) is 16.0. The van der Waals surface area contributed by atoms with Crippen LogP contribution in [0.2, 0.25) is 0 Å². The number of carbonyl (C=O) groups is 2. The molecule has 1 aromatic rings. The smallest absolute Gasteiger partial charge is 0.258 e. The van der Waals surface area contributed by atoms with Crippen molar-refractivity contribution < 1.29 is 19.4 Å². The first-order chi connectivity index (χ1) is 9.45. The summed E-state index contributed by atoms with van der Waals surface area (Å²) >= 11 is 0. The normalized spacial score (nSPS) is 12.0. The summed E-state index contributed by atoms with van der Waals surface area (Å²) in [6, 6.07) is 6.12. The molecule has 0 aliphatic carbocycles. The van der Waals surface area contributed by atoms with E-state index in [0.717, 1.165) is 0 Å². The molecule has 0 saturated heterocycles. The van der Waals surface area contributed by atoms with Gasteiger partial charge in [-0.25, -0.2) is 0 Å². The highest BCUT2D eigenvalue weighted by Gasteiger charge is 2.16. The maximum Gasteiger partial charge on any atom is 0.258 e. The van der Waals surface area contributed by atoms with Crippen molar-refractivity contribution in [1.29, 1.82) is 0 Å². The number of aliphatic hydroxyl groups excluding tert-OH is 1. The summed E-state index contributed by atoms with van der Waals surface area (Å²) in [6.45, 7) is 3.41. The fraction of sp³-hybridized carbons (Fsp3) is 0.429. The Morgan fingerprint density at radius 2 is 2.00 bits per heavy atom. The molecular formula is C14H20N2O4. The molecule has 110 valence electrons. The molecule has 0 fully saturated rings. The number of benzene rings is 1. The fourth-order valence-electron chi connectivity index (χ4n) is 1.61. The molecule has 1 atom stereocenters. The van der Waals surface area contributed by atoms with Gasteiger partial charge in [0, 0.05) is 0 Å². The minimum atomic E-state index is -0.614. The van der Waals surface area contributed by atoms with E-state index in [9.17, 15) is 9.59 Å². The molecule has 0 heterocycles. The van der Waals surface area contributed by atoms with Gasteiger partial charge in [0.25, 0.3) is 11.8 Å². The number of aliphatic hydroxyl groups is 1. The molecule has 6 nitrogen and oxygen atoms in total. The molecule has 0 radical (unpaired) electrons. The summed E-state index contributed by atoms with van der Waals surface area (Å²) in [5, 5.41) is 11.8. The van der Waals surface area contributed by atoms with Gasteiger partial charge in [-0.15, -0.1) is 0 Å². The van der Waals surface area contributed by atoms with Gasteiger partial charge in [0.1, 0.15) is 5.75 Å². The van der Waals surface area contributed by atoms with Gasteiger partial charge in [-0.1, -0.05) is 26.0 Å². The van der Waals surface area contributed by atoms with E-state index >= 15 is 0 Å². The number of primary amides is 1. The summed E-state index contributed by atoms with van der Waals surface area (Å²) in [4.78, 5) is 22.9. The summed E-state index contributed by atoms with van der Waals surface area (Å²) < 4.78 is 5.29. The third-order valence-electron chi connectivity index (χ3n) is 2.86. The number of amides is 2. The molecule has 0 aliphatic heterocycles. The topological polar surface area (TPSA) is 102 Å². The van der Waals surface area contributed by atoms with Gasteiger partial charge in [0.05, 0.1) is 18.2 Å². The van der Waals surface area contributed by atoms with Crippen molar-refractivity contribution in [2.45, 2.75) is 19.9 Å². The second-order valence-corrected chi connectivity index (χ2v) is 4.75. The second kappa shape index (κ2) is 7.49. The van der Waals surface area contributed by atoms with Gasteiger partial charge in [-0.3, -0.25) is 9.59 Å². The zero-order valence-electron chi connectivity index (χ0n) is 11.6. The number of nitrogens with two attached hydrogens (primary N) is 1. The van der Waals surface area contributed by atoms with E-state index in [1.807, 2.05) is 13.8 Å². The van der Waals surface area contributed by atoms with E-state index in [-0.39, 0.29) is 42.4 Å². The van der Waals surface area contributed by atoms with E-state index in [2.05, 4.69) is 5.32 Å². The third-order valence-corrected chi connectivity index (χ3v) is 2.86. The Hall–Kier alpha value is -2.08. The highest BCUT2D eigenvalue weighted by Crippen LogP contribution is 2.16. The van der Waals surface area contributed by atoms with E-state index in [1.165, 1.54) is 6.07 Å². The first-order valence-corrected chi connectivity index (χ1v) is 6.37. The van der Waals surface area contributed by atoms with Crippen molar-refractivity contribution in [3.05, 3.63) is 29.8 Å². The number of nitrogens with one attached hydrogen (secondary N) is 1. The van der Waals surface area contributed by atoms with Crippen LogP contribution in [0.15, 0.2) is 24.3 Å². The predicted octanol–water partition coefficient (Wildman–Crippen LogP) is 0.297. The lowest BCUT2D eigenvalue weighted by Crippen LogP contribution is -2.43. The molecule has 1 rings (SSSR count). The van der Waals surface area contributed by atoms with Crippen LogP contribution in [-0.4, -0.2) is 36.2 Å². The number of carbonyl (C=O) groups excluding carboxylic acids is 2. The fourth-order valence-corrected chi connectivity index (χ4v) is 1.61. The van der Waals surface area contributed by atoms with E-state index in [4.69, 9.17) is 15.6 Å². The quantitative estimate of drug-likeness (QED) is 0.668. The average Bonchev–Trinajstić information content (AvgIpc) is 2.42. The van der Waals surface area contributed by atoms with Crippen molar-refractivity contribution >= 4 is 11.8 Å². The minimum Gasteiger partial charge on any atom is -0.483 e. The number of ether oxygens (including phenoxy) is 1. The van der Waals surface area contributed by atoms with Crippen LogP contribution < -0.4 is 15.8 Å². The number of para-hydroxylation sites is 1.